The van der Waals surface area contributed by atoms with Gasteiger partial charge >= 0.3 is 12.1 Å². The number of carbonyl (C=O) groups excluding carboxylic acids is 3. The number of rotatable bonds is 11. The summed E-state index contributed by atoms with van der Waals surface area (Å²) in [4.78, 5) is 38.8. The van der Waals surface area contributed by atoms with Crippen LogP contribution in [0.3, 0.4) is 0 Å². The van der Waals surface area contributed by atoms with Crippen molar-refractivity contribution in [2.45, 2.75) is 38.5 Å². The lowest BCUT2D eigenvalue weighted by Gasteiger charge is -2.28. The standard InChI is InChI=1S/C26H29NO6/c1-3-24(33-19(2)28)23(14-15-31-17-21-12-8-5-9-13-21)25(29)27-22(18-32-26(27)30)16-20-10-6-4-7-11-20/h3-13,22-24H,1,14-18H2,2H3/t22-,23-,24+/m1/s1. The maximum atomic E-state index is 13.5. The van der Waals surface area contributed by atoms with E-state index in [1.165, 1.54) is 13.0 Å². The predicted octanol–water partition coefficient (Wildman–Crippen LogP) is 3.92. The number of nitrogens with zero attached hydrogens (tertiary/aromatic N) is 1. The van der Waals surface area contributed by atoms with Crippen molar-refractivity contribution >= 4 is 18.0 Å². The van der Waals surface area contributed by atoms with Gasteiger partial charge in [-0.2, -0.15) is 0 Å². The van der Waals surface area contributed by atoms with E-state index in [1.54, 1.807) is 0 Å². The van der Waals surface area contributed by atoms with Crippen LogP contribution in [0.1, 0.15) is 24.5 Å². The minimum absolute atomic E-state index is 0.114. The monoisotopic (exact) mass is 451 g/mol. The predicted molar refractivity (Wildman–Crippen MR) is 122 cm³/mol. The first kappa shape index (κ1) is 24.2. The fraction of sp³-hybridized carbons (Fsp3) is 0.346. The number of ether oxygens (including phenoxy) is 3. The lowest BCUT2D eigenvalue weighted by Crippen LogP contribution is -2.47. The fourth-order valence-corrected chi connectivity index (χ4v) is 3.83. The van der Waals surface area contributed by atoms with Crippen molar-refractivity contribution in [1.82, 2.24) is 4.90 Å². The molecule has 0 radical (unpaired) electrons. The van der Waals surface area contributed by atoms with Crippen LogP contribution in [-0.2, 0) is 36.8 Å². The molecule has 0 bridgehead atoms. The maximum absolute atomic E-state index is 13.5. The minimum atomic E-state index is -0.888. The van der Waals surface area contributed by atoms with Crippen LogP contribution in [0.15, 0.2) is 73.3 Å². The molecule has 1 saturated heterocycles. The van der Waals surface area contributed by atoms with E-state index in [1.807, 2.05) is 60.7 Å². The molecule has 33 heavy (non-hydrogen) atoms. The molecule has 0 unspecified atom stereocenters. The number of esters is 1. The Balaban J connectivity index is 1.72. The third-order valence-corrected chi connectivity index (χ3v) is 5.45. The number of carbonyl (C=O) groups is 3. The Morgan fingerprint density at radius 1 is 1.12 bits per heavy atom. The third-order valence-electron chi connectivity index (χ3n) is 5.45. The van der Waals surface area contributed by atoms with E-state index in [-0.39, 0.29) is 19.6 Å². The lowest BCUT2D eigenvalue weighted by molar-refractivity contribution is -0.151. The second-order valence-corrected chi connectivity index (χ2v) is 7.87. The lowest BCUT2D eigenvalue weighted by atomic mass is 9.95. The van der Waals surface area contributed by atoms with Gasteiger partial charge < -0.3 is 14.2 Å². The number of hydrogen-bond acceptors (Lipinski definition) is 6. The highest BCUT2D eigenvalue weighted by Gasteiger charge is 2.43. The summed E-state index contributed by atoms with van der Waals surface area (Å²) in [5, 5.41) is 0. The summed E-state index contributed by atoms with van der Waals surface area (Å²) in [6.45, 7) is 5.73. The Kier molecular flexibility index (Phi) is 8.78. The molecule has 7 heteroatoms. The summed E-state index contributed by atoms with van der Waals surface area (Å²) < 4.78 is 16.3. The molecular formula is C26H29NO6. The van der Waals surface area contributed by atoms with Gasteiger partial charge in [0, 0.05) is 13.5 Å². The molecule has 0 saturated carbocycles. The summed E-state index contributed by atoms with van der Waals surface area (Å²) in [7, 11) is 0. The van der Waals surface area contributed by atoms with Crippen LogP contribution in [0.5, 0.6) is 0 Å². The summed E-state index contributed by atoms with van der Waals surface area (Å²) in [6, 6.07) is 18.8. The van der Waals surface area contributed by atoms with E-state index in [0.717, 1.165) is 16.0 Å². The van der Waals surface area contributed by atoms with Crippen LogP contribution in [0, 0.1) is 5.92 Å². The van der Waals surface area contributed by atoms with Crippen molar-refractivity contribution in [3.8, 4) is 0 Å². The highest BCUT2D eigenvalue weighted by molar-refractivity contribution is 5.95. The van der Waals surface area contributed by atoms with Gasteiger partial charge in [0.1, 0.15) is 12.7 Å². The molecule has 0 spiro atoms. The SMILES string of the molecule is C=C[C@H](OC(C)=O)[C@@H](CCOCc1ccccc1)C(=O)N1C(=O)OC[C@H]1Cc1ccccc1. The molecular weight excluding hydrogens is 422 g/mol. The van der Waals surface area contributed by atoms with Gasteiger partial charge in [-0.05, 0) is 24.0 Å². The first-order chi connectivity index (χ1) is 16.0. The van der Waals surface area contributed by atoms with E-state index in [2.05, 4.69) is 6.58 Å². The van der Waals surface area contributed by atoms with Gasteiger partial charge in [-0.15, -0.1) is 0 Å². The molecule has 0 aliphatic carbocycles. The van der Waals surface area contributed by atoms with Gasteiger partial charge in [-0.3, -0.25) is 9.59 Å². The first-order valence-corrected chi connectivity index (χ1v) is 10.9. The van der Waals surface area contributed by atoms with Gasteiger partial charge in [0.2, 0.25) is 5.91 Å². The van der Waals surface area contributed by atoms with E-state index >= 15 is 0 Å². The third kappa shape index (κ3) is 6.76. The van der Waals surface area contributed by atoms with Crippen LogP contribution in [-0.4, -0.2) is 48.2 Å². The van der Waals surface area contributed by atoms with E-state index in [9.17, 15) is 14.4 Å². The summed E-state index contributed by atoms with van der Waals surface area (Å²) in [5.74, 6) is -1.83. The van der Waals surface area contributed by atoms with E-state index in [0.29, 0.717) is 13.0 Å². The van der Waals surface area contributed by atoms with Gasteiger partial charge in [0.25, 0.3) is 0 Å². The van der Waals surface area contributed by atoms with Crippen LogP contribution >= 0.6 is 0 Å². The molecule has 0 N–H and O–H groups in total. The minimum Gasteiger partial charge on any atom is -0.457 e. The molecule has 1 aliphatic heterocycles. The van der Waals surface area contributed by atoms with Gasteiger partial charge in [-0.1, -0.05) is 73.3 Å². The Morgan fingerprint density at radius 3 is 2.36 bits per heavy atom. The number of benzene rings is 2. The zero-order valence-corrected chi connectivity index (χ0v) is 18.7. The van der Waals surface area contributed by atoms with Gasteiger partial charge in [0.05, 0.1) is 18.6 Å². The average Bonchev–Trinajstić information content (AvgIpc) is 3.18. The van der Waals surface area contributed by atoms with Crippen LogP contribution in [0.25, 0.3) is 0 Å². The number of hydrogen-bond donors (Lipinski definition) is 0. The average molecular weight is 452 g/mol. The zero-order chi connectivity index (χ0) is 23.6. The van der Waals surface area contributed by atoms with Crippen molar-refractivity contribution in [3.63, 3.8) is 0 Å². The van der Waals surface area contributed by atoms with E-state index in [4.69, 9.17) is 14.2 Å². The van der Waals surface area contributed by atoms with Crippen LogP contribution in [0.2, 0.25) is 0 Å². The Hall–Kier alpha value is -3.45. The second kappa shape index (κ2) is 12.0. The van der Waals surface area contributed by atoms with Crippen LogP contribution < -0.4 is 0 Å². The molecule has 1 fully saturated rings. The quantitative estimate of drug-likeness (QED) is 0.293. The molecule has 1 aliphatic rings. The Morgan fingerprint density at radius 2 is 1.76 bits per heavy atom. The van der Waals surface area contributed by atoms with Gasteiger partial charge in [-0.25, -0.2) is 9.69 Å². The second-order valence-electron chi connectivity index (χ2n) is 7.87. The highest BCUT2D eigenvalue weighted by Crippen LogP contribution is 2.25. The van der Waals surface area contributed by atoms with Crippen molar-refractivity contribution in [1.29, 1.82) is 0 Å². The largest absolute Gasteiger partial charge is 0.457 e. The normalized spacial score (nSPS) is 17.2. The van der Waals surface area contributed by atoms with Gasteiger partial charge in [0.15, 0.2) is 0 Å². The molecule has 3 rings (SSSR count). The van der Waals surface area contributed by atoms with E-state index < -0.39 is 36.0 Å². The van der Waals surface area contributed by atoms with Crippen molar-refractivity contribution in [2.24, 2.45) is 5.92 Å². The van der Waals surface area contributed by atoms with Crippen molar-refractivity contribution < 1.29 is 28.6 Å². The van der Waals surface area contributed by atoms with Crippen LogP contribution in [0.4, 0.5) is 4.79 Å². The first-order valence-electron chi connectivity index (χ1n) is 10.9. The number of imide groups is 1. The Bertz CT molecular complexity index is 946. The highest BCUT2D eigenvalue weighted by atomic mass is 16.6. The topological polar surface area (TPSA) is 82.1 Å². The molecule has 2 aromatic carbocycles. The Labute approximate surface area is 193 Å². The van der Waals surface area contributed by atoms with Crippen molar-refractivity contribution in [3.05, 3.63) is 84.4 Å². The number of amides is 2. The summed E-state index contributed by atoms with van der Waals surface area (Å²) >= 11 is 0. The molecule has 174 valence electrons. The molecule has 7 nitrogen and oxygen atoms in total. The molecule has 1 heterocycles. The van der Waals surface area contributed by atoms with Crippen molar-refractivity contribution in [2.75, 3.05) is 13.2 Å². The zero-order valence-electron chi connectivity index (χ0n) is 18.7. The summed E-state index contributed by atoms with van der Waals surface area (Å²) in [5.41, 5.74) is 1.99. The maximum Gasteiger partial charge on any atom is 0.416 e. The fourth-order valence-electron chi connectivity index (χ4n) is 3.83. The molecule has 0 aromatic heterocycles. The summed E-state index contributed by atoms with van der Waals surface area (Å²) in [6.07, 6.45) is 0.552. The molecule has 2 aromatic rings. The number of cyclic esters (lactones) is 1. The molecule has 3 atom stereocenters. The smallest absolute Gasteiger partial charge is 0.416 e. The molecule has 2 amide bonds.